The molecule has 2 rings (SSSR count). The molecule has 1 aliphatic rings. The molecule has 1 amide bonds. The lowest BCUT2D eigenvalue weighted by molar-refractivity contribution is -0.119. The van der Waals surface area contributed by atoms with Crippen LogP contribution < -0.4 is 16.0 Å². The van der Waals surface area contributed by atoms with E-state index in [0.717, 1.165) is 30.6 Å². The standard InChI is InChI=1S/C14H21N3O/c1-17(2)13-5-3-4-12(9-13)16-14(18)10-6-7-11(15)8-10/h3-5,9-11H,6-8,15H2,1-2H3,(H,16,18). The van der Waals surface area contributed by atoms with E-state index in [1.54, 1.807) is 0 Å². The van der Waals surface area contributed by atoms with E-state index >= 15 is 0 Å². The van der Waals surface area contributed by atoms with Crippen molar-refractivity contribution >= 4 is 17.3 Å². The minimum atomic E-state index is 0.0722. The van der Waals surface area contributed by atoms with Crippen LogP contribution in [0.5, 0.6) is 0 Å². The van der Waals surface area contributed by atoms with E-state index < -0.39 is 0 Å². The Labute approximate surface area is 108 Å². The topological polar surface area (TPSA) is 58.4 Å². The number of hydrogen-bond donors (Lipinski definition) is 2. The molecular weight excluding hydrogens is 226 g/mol. The summed E-state index contributed by atoms with van der Waals surface area (Å²) in [6.45, 7) is 0. The fourth-order valence-electron chi connectivity index (χ4n) is 2.36. The molecule has 0 radical (unpaired) electrons. The lowest BCUT2D eigenvalue weighted by Gasteiger charge is -2.15. The summed E-state index contributed by atoms with van der Waals surface area (Å²) >= 11 is 0. The normalized spacial score (nSPS) is 22.8. The van der Waals surface area contributed by atoms with Crippen LogP contribution in [0.3, 0.4) is 0 Å². The van der Waals surface area contributed by atoms with Gasteiger partial charge in [0.2, 0.25) is 5.91 Å². The number of hydrogen-bond acceptors (Lipinski definition) is 3. The van der Waals surface area contributed by atoms with Crippen LogP contribution in [-0.2, 0) is 4.79 Å². The minimum Gasteiger partial charge on any atom is -0.378 e. The first kappa shape index (κ1) is 12.9. The van der Waals surface area contributed by atoms with E-state index in [2.05, 4.69) is 5.32 Å². The molecule has 18 heavy (non-hydrogen) atoms. The summed E-state index contributed by atoms with van der Waals surface area (Å²) in [5.74, 6) is 0.168. The molecule has 1 aliphatic carbocycles. The van der Waals surface area contributed by atoms with Crippen molar-refractivity contribution < 1.29 is 4.79 Å². The first-order valence-corrected chi connectivity index (χ1v) is 6.40. The Bertz CT molecular complexity index is 431. The molecule has 1 aromatic rings. The summed E-state index contributed by atoms with van der Waals surface area (Å²) in [7, 11) is 3.97. The van der Waals surface area contributed by atoms with Gasteiger partial charge in [-0.05, 0) is 37.5 Å². The van der Waals surface area contributed by atoms with E-state index in [4.69, 9.17) is 5.73 Å². The fraction of sp³-hybridized carbons (Fsp3) is 0.500. The molecule has 4 heteroatoms. The highest BCUT2D eigenvalue weighted by Gasteiger charge is 2.27. The summed E-state index contributed by atoms with van der Waals surface area (Å²) < 4.78 is 0. The van der Waals surface area contributed by atoms with Gasteiger partial charge in [0.25, 0.3) is 0 Å². The van der Waals surface area contributed by atoms with Crippen LogP contribution in [0.2, 0.25) is 0 Å². The van der Waals surface area contributed by atoms with Crippen LogP contribution in [0, 0.1) is 5.92 Å². The first-order valence-electron chi connectivity index (χ1n) is 6.40. The van der Waals surface area contributed by atoms with Gasteiger partial charge in [-0.25, -0.2) is 0 Å². The summed E-state index contributed by atoms with van der Waals surface area (Å²) in [5.41, 5.74) is 7.77. The third-order valence-corrected chi connectivity index (χ3v) is 3.47. The third kappa shape index (κ3) is 3.01. The van der Waals surface area contributed by atoms with Crippen molar-refractivity contribution in [2.45, 2.75) is 25.3 Å². The third-order valence-electron chi connectivity index (χ3n) is 3.47. The molecule has 98 valence electrons. The SMILES string of the molecule is CN(C)c1cccc(NC(=O)C2CCC(N)C2)c1. The quantitative estimate of drug-likeness (QED) is 0.856. The molecule has 0 heterocycles. The van der Waals surface area contributed by atoms with Crippen LogP contribution >= 0.6 is 0 Å². The van der Waals surface area contributed by atoms with Crippen molar-refractivity contribution in [2.75, 3.05) is 24.3 Å². The van der Waals surface area contributed by atoms with E-state index in [0.29, 0.717) is 0 Å². The van der Waals surface area contributed by atoms with Gasteiger partial charge in [-0.3, -0.25) is 4.79 Å². The van der Waals surface area contributed by atoms with Crippen LogP contribution in [0.1, 0.15) is 19.3 Å². The van der Waals surface area contributed by atoms with Crippen LogP contribution in [0.4, 0.5) is 11.4 Å². The molecule has 0 aliphatic heterocycles. The van der Waals surface area contributed by atoms with Gasteiger partial charge in [0.05, 0.1) is 0 Å². The number of carbonyl (C=O) groups is 1. The first-order chi connectivity index (χ1) is 8.56. The highest BCUT2D eigenvalue weighted by Crippen LogP contribution is 2.26. The zero-order chi connectivity index (χ0) is 13.1. The highest BCUT2D eigenvalue weighted by atomic mass is 16.1. The van der Waals surface area contributed by atoms with E-state index in [1.807, 2.05) is 43.3 Å². The lowest BCUT2D eigenvalue weighted by atomic mass is 10.1. The Kier molecular flexibility index (Phi) is 3.87. The molecule has 2 atom stereocenters. The van der Waals surface area contributed by atoms with E-state index in [9.17, 15) is 4.79 Å². The smallest absolute Gasteiger partial charge is 0.227 e. The lowest BCUT2D eigenvalue weighted by Crippen LogP contribution is -2.23. The molecule has 1 saturated carbocycles. The molecule has 0 aromatic heterocycles. The van der Waals surface area contributed by atoms with Crippen molar-refractivity contribution in [3.63, 3.8) is 0 Å². The number of amides is 1. The maximum Gasteiger partial charge on any atom is 0.227 e. The predicted octanol–water partition coefficient (Wildman–Crippen LogP) is 1.82. The van der Waals surface area contributed by atoms with Crippen LogP contribution in [0.25, 0.3) is 0 Å². The van der Waals surface area contributed by atoms with Crippen molar-refractivity contribution in [1.29, 1.82) is 0 Å². The Morgan fingerprint density at radius 2 is 2.17 bits per heavy atom. The number of nitrogens with zero attached hydrogens (tertiary/aromatic N) is 1. The Morgan fingerprint density at radius 3 is 2.78 bits per heavy atom. The molecular formula is C14H21N3O. The zero-order valence-electron chi connectivity index (χ0n) is 11.0. The molecule has 1 aromatic carbocycles. The summed E-state index contributed by atoms with van der Waals surface area (Å²) in [4.78, 5) is 14.1. The molecule has 2 unspecified atom stereocenters. The van der Waals surface area contributed by atoms with Gasteiger partial charge in [0.1, 0.15) is 0 Å². The monoisotopic (exact) mass is 247 g/mol. The second kappa shape index (κ2) is 5.40. The Morgan fingerprint density at radius 1 is 1.39 bits per heavy atom. The summed E-state index contributed by atoms with van der Waals surface area (Å²) in [5, 5.41) is 2.98. The van der Waals surface area contributed by atoms with Gasteiger partial charge >= 0.3 is 0 Å². The number of nitrogens with two attached hydrogens (primary N) is 1. The van der Waals surface area contributed by atoms with E-state index in [-0.39, 0.29) is 17.9 Å². The van der Waals surface area contributed by atoms with Crippen molar-refractivity contribution in [3.8, 4) is 0 Å². The van der Waals surface area contributed by atoms with Crippen LogP contribution in [0.15, 0.2) is 24.3 Å². The average molecular weight is 247 g/mol. The second-order valence-corrected chi connectivity index (χ2v) is 5.20. The number of nitrogens with one attached hydrogen (secondary N) is 1. The molecule has 1 fully saturated rings. The minimum absolute atomic E-state index is 0.0722. The van der Waals surface area contributed by atoms with Crippen molar-refractivity contribution in [3.05, 3.63) is 24.3 Å². The largest absolute Gasteiger partial charge is 0.378 e. The van der Waals surface area contributed by atoms with Crippen LogP contribution in [-0.4, -0.2) is 26.0 Å². The number of benzene rings is 1. The maximum absolute atomic E-state index is 12.1. The molecule has 0 saturated heterocycles. The van der Waals surface area contributed by atoms with Crippen molar-refractivity contribution in [2.24, 2.45) is 11.7 Å². The van der Waals surface area contributed by atoms with Gasteiger partial charge in [0, 0.05) is 37.4 Å². The molecule has 0 bridgehead atoms. The van der Waals surface area contributed by atoms with Gasteiger partial charge < -0.3 is 16.0 Å². The molecule has 4 nitrogen and oxygen atoms in total. The Balaban J connectivity index is 2.00. The molecule has 0 spiro atoms. The summed E-state index contributed by atoms with van der Waals surface area (Å²) in [6.07, 6.45) is 2.66. The fourth-order valence-corrected chi connectivity index (χ4v) is 2.36. The predicted molar refractivity (Wildman–Crippen MR) is 74.7 cm³/mol. The van der Waals surface area contributed by atoms with Crippen molar-refractivity contribution in [1.82, 2.24) is 0 Å². The second-order valence-electron chi connectivity index (χ2n) is 5.20. The van der Waals surface area contributed by atoms with Gasteiger partial charge in [0.15, 0.2) is 0 Å². The van der Waals surface area contributed by atoms with Gasteiger partial charge in [-0.1, -0.05) is 6.07 Å². The molecule has 3 N–H and O–H groups in total. The average Bonchev–Trinajstić information content (AvgIpc) is 2.76. The number of anilines is 2. The van der Waals surface area contributed by atoms with Gasteiger partial charge in [-0.2, -0.15) is 0 Å². The zero-order valence-corrected chi connectivity index (χ0v) is 11.0. The number of rotatable bonds is 3. The number of carbonyl (C=O) groups excluding carboxylic acids is 1. The highest BCUT2D eigenvalue weighted by molar-refractivity contribution is 5.93. The maximum atomic E-state index is 12.1. The van der Waals surface area contributed by atoms with E-state index in [1.165, 1.54) is 0 Å². The Hall–Kier alpha value is -1.55. The van der Waals surface area contributed by atoms with Gasteiger partial charge in [-0.15, -0.1) is 0 Å². The summed E-state index contributed by atoms with van der Waals surface area (Å²) in [6, 6.07) is 8.05.